The monoisotopic (exact) mass is 425 g/mol. The molecule has 1 aromatic rings. The van der Waals surface area contributed by atoms with Crippen LogP contribution in [0.3, 0.4) is 0 Å². The number of nitrogens with zero attached hydrogens (tertiary/aromatic N) is 3. The Bertz CT molecular complexity index is 629. The summed E-state index contributed by atoms with van der Waals surface area (Å²) >= 11 is 0. The fourth-order valence-electron chi connectivity index (χ4n) is 3.13. The van der Waals surface area contributed by atoms with Crippen molar-refractivity contribution in [3.8, 4) is 0 Å². The van der Waals surface area contributed by atoms with Crippen molar-refractivity contribution < 1.29 is 30.1 Å². The highest BCUT2D eigenvalue weighted by atomic mass is 16.4. The summed E-state index contributed by atoms with van der Waals surface area (Å²) in [5, 5.41) is 14.8. The summed E-state index contributed by atoms with van der Waals surface area (Å²) in [7, 11) is 0. The van der Waals surface area contributed by atoms with Gasteiger partial charge in [0.1, 0.15) is 0 Å². The lowest BCUT2D eigenvalue weighted by Crippen LogP contribution is -2.48. The zero-order valence-corrected chi connectivity index (χ0v) is 17.9. The number of aliphatic carboxylic acids is 2. The number of rotatable bonds is 8. The van der Waals surface area contributed by atoms with Crippen LogP contribution in [0.4, 0.5) is 5.69 Å². The van der Waals surface area contributed by atoms with Gasteiger partial charge in [0, 0.05) is 38.3 Å². The maximum Gasteiger partial charge on any atom is 0.414 e. The van der Waals surface area contributed by atoms with Crippen LogP contribution in [-0.2, 0) is 14.4 Å². The number of unbranched alkanes of at least 4 members (excludes halogenated alkanes) is 1. The van der Waals surface area contributed by atoms with Crippen LogP contribution >= 0.6 is 0 Å². The number of carbonyl (C=O) groups excluding carboxylic acids is 1. The molecule has 170 valence electrons. The highest BCUT2D eigenvalue weighted by Gasteiger charge is 2.19. The van der Waals surface area contributed by atoms with Crippen LogP contribution in [-0.4, -0.2) is 82.7 Å². The fraction of sp³-hybridized carbons (Fsp3) is 0.571. The van der Waals surface area contributed by atoms with Gasteiger partial charge in [0.05, 0.1) is 6.67 Å². The van der Waals surface area contributed by atoms with Crippen molar-refractivity contribution in [2.24, 2.45) is 0 Å². The van der Waals surface area contributed by atoms with Crippen molar-refractivity contribution in [1.82, 2.24) is 9.80 Å². The first-order valence-electron chi connectivity index (χ1n) is 10.1. The van der Waals surface area contributed by atoms with Gasteiger partial charge in [-0.15, -0.1) is 0 Å². The van der Waals surface area contributed by atoms with Gasteiger partial charge in [0.15, 0.2) is 0 Å². The number of benzene rings is 1. The molecule has 9 heteroatoms. The molecule has 0 aliphatic carbocycles. The standard InChI is InChI=1S/C19H31N3O.C2H2O4.H2O/c1-3-5-12-20-13-9-14-21(17-20)15-16-22(19(23)4-2)18-10-7-6-8-11-18;3-1(4)2(5)6;/h6-8,10-11H,3-5,9,12-17H2,1-2H3;(H,3,4)(H,5,6);1H2. The molecule has 4 N–H and O–H groups in total. The van der Waals surface area contributed by atoms with Crippen LogP contribution in [0.25, 0.3) is 0 Å². The summed E-state index contributed by atoms with van der Waals surface area (Å²) in [6, 6.07) is 10.0. The number of amides is 1. The SMILES string of the molecule is CCCCN1CCCN(CCN(C(=O)CC)c2ccccc2)C1.O.O=C(O)C(=O)O. The Hall–Kier alpha value is -2.49. The maximum atomic E-state index is 12.3. The first-order valence-corrected chi connectivity index (χ1v) is 10.1. The van der Waals surface area contributed by atoms with E-state index in [-0.39, 0.29) is 11.4 Å². The van der Waals surface area contributed by atoms with Gasteiger partial charge in [0.25, 0.3) is 0 Å². The average Bonchev–Trinajstić information content (AvgIpc) is 2.73. The van der Waals surface area contributed by atoms with Crippen LogP contribution in [0.15, 0.2) is 30.3 Å². The highest BCUT2D eigenvalue weighted by Crippen LogP contribution is 2.15. The van der Waals surface area contributed by atoms with E-state index < -0.39 is 11.9 Å². The van der Waals surface area contributed by atoms with E-state index >= 15 is 0 Å². The van der Waals surface area contributed by atoms with Gasteiger partial charge in [-0.1, -0.05) is 38.5 Å². The fourth-order valence-corrected chi connectivity index (χ4v) is 3.13. The molecule has 1 aliphatic heterocycles. The summed E-state index contributed by atoms with van der Waals surface area (Å²) in [6.07, 6.45) is 4.32. The molecule has 1 fully saturated rings. The third kappa shape index (κ3) is 10.3. The van der Waals surface area contributed by atoms with Crippen LogP contribution in [0.5, 0.6) is 0 Å². The molecule has 0 atom stereocenters. The second kappa shape index (κ2) is 15.4. The number of hydrogen-bond donors (Lipinski definition) is 2. The second-order valence-corrected chi connectivity index (χ2v) is 6.93. The topological polar surface area (TPSA) is 133 Å². The molecular weight excluding hydrogens is 390 g/mol. The minimum absolute atomic E-state index is 0. The molecule has 0 spiro atoms. The smallest absolute Gasteiger partial charge is 0.414 e. The Morgan fingerprint density at radius 1 is 0.967 bits per heavy atom. The number of anilines is 1. The van der Waals surface area contributed by atoms with E-state index in [0.717, 1.165) is 32.0 Å². The van der Waals surface area contributed by atoms with Crippen LogP contribution < -0.4 is 4.90 Å². The number of para-hydroxylation sites is 1. The van der Waals surface area contributed by atoms with Crippen LogP contribution in [0.2, 0.25) is 0 Å². The van der Waals surface area contributed by atoms with E-state index in [4.69, 9.17) is 19.8 Å². The van der Waals surface area contributed by atoms with Gasteiger partial charge >= 0.3 is 11.9 Å². The molecule has 0 bridgehead atoms. The first-order chi connectivity index (χ1) is 13.9. The molecule has 0 saturated carbocycles. The molecule has 1 aromatic carbocycles. The largest absolute Gasteiger partial charge is 0.473 e. The number of carbonyl (C=O) groups is 3. The zero-order chi connectivity index (χ0) is 21.6. The second-order valence-electron chi connectivity index (χ2n) is 6.93. The lowest BCUT2D eigenvalue weighted by Gasteiger charge is -2.36. The van der Waals surface area contributed by atoms with Crippen molar-refractivity contribution in [3.63, 3.8) is 0 Å². The molecule has 0 radical (unpaired) electrons. The van der Waals surface area contributed by atoms with Gasteiger partial charge in [-0.3, -0.25) is 14.6 Å². The van der Waals surface area contributed by atoms with Crippen molar-refractivity contribution in [2.45, 2.75) is 39.5 Å². The Labute approximate surface area is 178 Å². The van der Waals surface area contributed by atoms with Crippen molar-refractivity contribution in [3.05, 3.63) is 30.3 Å². The highest BCUT2D eigenvalue weighted by molar-refractivity contribution is 6.27. The zero-order valence-electron chi connectivity index (χ0n) is 17.9. The Balaban J connectivity index is 0.00000105. The van der Waals surface area contributed by atoms with Crippen molar-refractivity contribution in [1.29, 1.82) is 0 Å². The summed E-state index contributed by atoms with van der Waals surface area (Å²) < 4.78 is 0. The van der Waals surface area contributed by atoms with Crippen LogP contribution in [0.1, 0.15) is 39.5 Å². The normalized spacial score (nSPS) is 14.1. The molecule has 30 heavy (non-hydrogen) atoms. The minimum Gasteiger partial charge on any atom is -0.473 e. The van der Waals surface area contributed by atoms with Gasteiger partial charge in [-0.05, 0) is 31.5 Å². The molecule has 9 nitrogen and oxygen atoms in total. The maximum absolute atomic E-state index is 12.3. The first kappa shape index (κ1) is 27.5. The van der Waals surface area contributed by atoms with Gasteiger partial charge in [-0.2, -0.15) is 0 Å². The van der Waals surface area contributed by atoms with Gasteiger partial charge in [-0.25, -0.2) is 9.59 Å². The third-order valence-electron chi connectivity index (χ3n) is 4.67. The average molecular weight is 426 g/mol. The minimum atomic E-state index is -1.82. The van der Waals surface area contributed by atoms with E-state index in [1.165, 1.54) is 32.4 Å². The number of carboxylic acids is 2. The molecule has 0 aromatic heterocycles. The Morgan fingerprint density at radius 3 is 2.03 bits per heavy atom. The molecule has 1 aliphatic rings. The summed E-state index contributed by atoms with van der Waals surface area (Å²) in [6.45, 7) is 10.5. The quantitative estimate of drug-likeness (QED) is 0.603. The Kier molecular flexibility index (Phi) is 14.1. The molecule has 1 heterocycles. The lowest BCUT2D eigenvalue weighted by atomic mass is 10.2. The summed E-state index contributed by atoms with van der Waals surface area (Å²) in [5.41, 5.74) is 1.01. The number of carboxylic acid groups (broad SMARTS) is 2. The summed E-state index contributed by atoms with van der Waals surface area (Å²) in [4.78, 5) is 37.4. The molecular formula is C21H35N3O6. The summed E-state index contributed by atoms with van der Waals surface area (Å²) in [5.74, 6) is -3.44. The molecule has 1 saturated heterocycles. The lowest BCUT2D eigenvalue weighted by molar-refractivity contribution is -0.159. The van der Waals surface area contributed by atoms with Gasteiger partial charge in [0.2, 0.25) is 5.91 Å². The molecule has 0 unspecified atom stereocenters. The van der Waals surface area contributed by atoms with Gasteiger partial charge < -0.3 is 20.6 Å². The number of hydrogen-bond acceptors (Lipinski definition) is 5. The van der Waals surface area contributed by atoms with E-state index in [1.54, 1.807) is 0 Å². The van der Waals surface area contributed by atoms with Crippen molar-refractivity contribution in [2.75, 3.05) is 44.3 Å². The third-order valence-corrected chi connectivity index (χ3v) is 4.67. The van der Waals surface area contributed by atoms with Crippen molar-refractivity contribution >= 4 is 23.5 Å². The van der Waals surface area contributed by atoms with E-state index in [9.17, 15) is 4.79 Å². The van der Waals surface area contributed by atoms with E-state index in [1.807, 2.05) is 42.2 Å². The van der Waals surface area contributed by atoms with Crippen LogP contribution in [0, 0.1) is 0 Å². The molecule has 1 amide bonds. The predicted octanol–water partition coefficient (Wildman–Crippen LogP) is 1.53. The van der Waals surface area contributed by atoms with E-state index in [0.29, 0.717) is 6.42 Å². The van der Waals surface area contributed by atoms with E-state index in [2.05, 4.69) is 16.7 Å². The predicted molar refractivity (Wildman–Crippen MR) is 116 cm³/mol. The molecule has 2 rings (SSSR count). The Morgan fingerprint density at radius 2 is 1.53 bits per heavy atom.